The Bertz CT molecular complexity index is 1040. The van der Waals surface area contributed by atoms with Gasteiger partial charge < -0.3 is 14.8 Å². The standard InChI is InChI=1S/C26H28N4O2/c1-19-7-11-22(12-8-19)29-26-28-17-24(21-9-13-23(14-10-21)31-16-15-27)25(30-26)32-18-20-5-3-2-4-6-20/h2-6,9-10,13-14,17,19,22H,7-8,11-12,16,18H2,1H3,(H,28,29,30). The van der Waals surface area contributed by atoms with Crippen LogP contribution in [0.1, 0.15) is 38.2 Å². The fourth-order valence-electron chi connectivity index (χ4n) is 3.90. The summed E-state index contributed by atoms with van der Waals surface area (Å²) in [7, 11) is 0. The molecule has 1 fully saturated rings. The predicted octanol–water partition coefficient (Wildman–Crippen LogP) is 5.62. The maximum atomic E-state index is 8.69. The minimum Gasteiger partial charge on any atom is -0.479 e. The van der Waals surface area contributed by atoms with E-state index in [-0.39, 0.29) is 6.61 Å². The zero-order valence-electron chi connectivity index (χ0n) is 18.3. The lowest BCUT2D eigenvalue weighted by molar-refractivity contribution is 0.295. The molecule has 1 heterocycles. The monoisotopic (exact) mass is 428 g/mol. The van der Waals surface area contributed by atoms with Gasteiger partial charge in [0.25, 0.3) is 0 Å². The average molecular weight is 429 g/mol. The van der Waals surface area contributed by atoms with Crippen LogP contribution < -0.4 is 14.8 Å². The molecule has 0 radical (unpaired) electrons. The number of nitriles is 1. The summed E-state index contributed by atoms with van der Waals surface area (Å²) >= 11 is 0. The molecule has 1 aliphatic rings. The Labute approximate surface area is 189 Å². The summed E-state index contributed by atoms with van der Waals surface area (Å²) in [4.78, 5) is 9.31. The van der Waals surface area contributed by atoms with Crippen molar-refractivity contribution in [1.82, 2.24) is 9.97 Å². The summed E-state index contributed by atoms with van der Waals surface area (Å²) in [5, 5.41) is 12.2. The number of nitrogens with one attached hydrogen (secondary N) is 1. The Morgan fingerprint density at radius 1 is 1.00 bits per heavy atom. The number of ether oxygens (including phenoxy) is 2. The molecule has 0 spiro atoms. The van der Waals surface area contributed by atoms with Gasteiger partial charge in [0.15, 0.2) is 6.61 Å². The normalized spacial score (nSPS) is 17.9. The van der Waals surface area contributed by atoms with E-state index in [1.165, 1.54) is 12.8 Å². The molecule has 4 rings (SSSR count). The molecule has 6 heteroatoms. The molecule has 32 heavy (non-hydrogen) atoms. The fourth-order valence-corrected chi connectivity index (χ4v) is 3.90. The van der Waals surface area contributed by atoms with E-state index in [4.69, 9.17) is 19.7 Å². The molecule has 0 unspecified atom stereocenters. The maximum absolute atomic E-state index is 8.69. The smallest absolute Gasteiger partial charge is 0.226 e. The molecule has 1 aliphatic carbocycles. The van der Waals surface area contributed by atoms with Crippen molar-refractivity contribution in [1.29, 1.82) is 5.26 Å². The van der Waals surface area contributed by atoms with Gasteiger partial charge in [-0.1, -0.05) is 49.4 Å². The van der Waals surface area contributed by atoms with Crippen LogP contribution in [0.3, 0.4) is 0 Å². The summed E-state index contributed by atoms with van der Waals surface area (Å²) in [5.74, 6) is 2.58. The molecule has 164 valence electrons. The van der Waals surface area contributed by atoms with E-state index in [1.807, 2.05) is 66.9 Å². The van der Waals surface area contributed by atoms with Crippen LogP contribution in [0.5, 0.6) is 11.6 Å². The topological polar surface area (TPSA) is 80.1 Å². The van der Waals surface area contributed by atoms with Crippen molar-refractivity contribution in [2.45, 2.75) is 45.3 Å². The van der Waals surface area contributed by atoms with Gasteiger partial charge in [-0.3, -0.25) is 0 Å². The van der Waals surface area contributed by atoms with Gasteiger partial charge in [-0.2, -0.15) is 10.2 Å². The summed E-state index contributed by atoms with van der Waals surface area (Å²) in [6, 6.07) is 19.9. The Morgan fingerprint density at radius 2 is 1.75 bits per heavy atom. The predicted molar refractivity (Wildman–Crippen MR) is 124 cm³/mol. The van der Waals surface area contributed by atoms with Crippen molar-refractivity contribution < 1.29 is 9.47 Å². The number of hydrogen-bond donors (Lipinski definition) is 1. The molecule has 2 aromatic carbocycles. The first-order chi connectivity index (χ1) is 15.7. The Balaban J connectivity index is 1.55. The lowest BCUT2D eigenvalue weighted by Crippen LogP contribution is -2.26. The highest BCUT2D eigenvalue weighted by Gasteiger charge is 2.20. The second-order valence-corrected chi connectivity index (χ2v) is 8.26. The van der Waals surface area contributed by atoms with E-state index in [1.54, 1.807) is 0 Å². The molecule has 0 saturated heterocycles. The minimum absolute atomic E-state index is 0.0220. The number of nitrogens with zero attached hydrogens (tertiary/aromatic N) is 3. The van der Waals surface area contributed by atoms with E-state index in [0.717, 1.165) is 35.4 Å². The van der Waals surface area contributed by atoms with Gasteiger partial charge in [-0.25, -0.2) is 4.98 Å². The summed E-state index contributed by atoms with van der Waals surface area (Å²) in [6.45, 7) is 2.76. The van der Waals surface area contributed by atoms with Crippen molar-refractivity contribution in [3.8, 4) is 28.8 Å². The Kier molecular flexibility index (Phi) is 7.19. The Morgan fingerprint density at radius 3 is 2.47 bits per heavy atom. The van der Waals surface area contributed by atoms with Gasteiger partial charge >= 0.3 is 0 Å². The van der Waals surface area contributed by atoms with Crippen molar-refractivity contribution in [2.24, 2.45) is 5.92 Å². The van der Waals surface area contributed by atoms with Gasteiger partial charge in [0, 0.05) is 12.2 Å². The van der Waals surface area contributed by atoms with Gasteiger partial charge in [-0.05, 0) is 54.9 Å². The van der Waals surface area contributed by atoms with Crippen LogP contribution in [0, 0.1) is 17.2 Å². The molecule has 6 nitrogen and oxygen atoms in total. The highest BCUT2D eigenvalue weighted by Crippen LogP contribution is 2.31. The highest BCUT2D eigenvalue weighted by atomic mass is 16.5. The maximum Gasteiger partial charge on any atom is 0.226 e. The quantitative estimate of drug-likeness (QED) is 0.502. The first kappa shape index (κ1) is 21.6. The molecule has 3 aromatic rings. The second-order valence-electron chi connectivity index (χ2n) is 8.26. The summed E-state index contributed by atoms with van der Waals surface area (Å²) in [6.07, 6.45) is 6.54. The zero-order valence-corrected chi connectivity index (χ0v) is 18.3. The van der Waals surface area contributed by atoms with Gasteiger partial charge in [0.1, 0.15) is 18.4 Å². The number of rotatable bonds is 8. The molecular formula is C26H28N4O2. The van der Waals surface area contributed by atoms with Crippen LogP contribution in [0.4, 0.5) is 5.95 Å². The van der Waals surface area contributed by atoms with E-state index < -0.39 is 0 Å². The summed E-state index contributed by atoms with van der Waals surface area (Å²) in [5.41, 5.74) is 2.82. The van der Waals surface area contributed by atoms with Crippen LogP contribution in [-0.4, -0.2) is 22.6 Å². The average Bonchev–Trinajstić information content (AvgIpc) is 2.84. The molecule has 0 amide bonds. The molecular weight excluding hydrogens is 400 g/mol. The van der Waals surface area contributed by atoms with Crippen molar-refractivity contribution in [2.75, 3.05) is 11.9 Å². The fraction of sp³-hybridized carbons (Fsp3) is 0.346. The summed E-state index contributed by atoms with van der Waals surface area (Å²) < 4.78 is 11.5. The third kappa shape index (κ3) is 5.76. The number of benzene rings is 2. The van der Waals surface area contributed by atoms with Crippen LogP contribution in [0.25, 0.3) is 11.1 Å². The van der Waals surface area contributed by atoms with Crippen molar-refractivity contribution in [3.63, 3.8) is 0 Å². The molecule has 1 aromatic heterocycles. The first-order valence-corrected chi connectivity index (χ1v) is 11.1. The Hall–Kier alpha value is -3.59. The van der Waals surface area contributed by atoms with Crippen LogP contribution in [0.15, 0.2) is 60.8 Å². The first-order valence-electron chi connectivity index (χ1n) is 11.1. The van der Waals surface area contributed by atoms with Crippen molar-refractivity contribution >= 4 is 5.95 Å². The van der Waals surface area contributed by atoms with Crippen molar-refractivity contribution in [3.05, 3.63) is 66.4 Å². The third-order valence-electron chi connectivity index (χ3n) is 5.79. The van der Waals surface area contributed by atoms with Crippen LogP contribution >= 0.6 is 0 Å². The van der Waals surface area contributed by atoms with E-state index >= 15 is 0 Å². The van der Waals surface area contributed by atoms with Crippen LogP contribution in [-0.2, 0) is 6.61 Å². The lowest BCUT2D eigenvalue weighted by Gasteiger charge is -2.27. The van der Waals surface area contributed by atoms with E-state index in [0.29, 0.717) is 30.2 Å². The lowest BCUT2D eigenvalue weighted by atomic mass is 9.87. The molecule has 0 bridgehead atoms. The third-order valence-corrected chi connectivity index (χ3v) is 5.79. The largest absolute Gasteiger partial charge is 0.479 e. The van der Waals surface area contributed by atoms with Gasteiger partial charge in [0.05, 0.1) is 5.56 Å². The molecule has 0 aliphatic heterocycles. The van der Waals surface area contributed by atoms with Gasteiger partial charge in [0.2, 0.25) is 11.8 Å². The molecule has 1 saturated carbocycles. The SMILES string of the molecule is CC1CCC(Nc2ncc(-c3ccc(OCC#N)cc3)c(OCc3ccccc3)n2)CC1. The molecule has 0 atom stereocenters. The van der Waals surface area contributed by atoms with Gasteiger partial charge in [-0.15, -0.1) is 0 Å². The number of anilines is 1. The van der Waals surface area contributed by atoms with E-state index in [9.17, 15) is 0 Å². The number of aromatic nitrogens is 2. The minimum atomic E-state index is 0.0220. The number of hydrogen-bond acceptors (Lipinski definition) is 6. The highest BCUT2D eigenvalue weighted by molar-refractivity contribution is 5.69. The second kappa shape index (κ2) is 10.6. The molecule has 1 N–H and O–H groups in total. The zero-order chi connectivity index (χ0) is 22.2. The van der Waals surface area contributed by atoms with Crippen LogP contribution in [0.2, 0.25) is 0 Å². The van der Waals surface area contributed by atoms with E-state index in [2.05, 4.69) is 17.2 Å².